The summed E-state index contributed by atoms with van der Waals surface area (Å²) in [6.07, 6.45) is 6.83. The molecule has 4 nitrogen and oxygen atoms in total. The number of hydrogen-bond donors (Lipinski definition) is 1. The van der Waals surface area contributed by atoms with Gasteiger partial charge < -0.3 is 5.11 Å². The molecule has 0 saturated heterocycles. The zero-order valence-electron chi connectivity index (χ0n) is 14.0. The number of fused-ring (bicyclic) bond motifs is 1. The van der Waals surface area contributed by atoms with E-state index in [1.165, 1.54) is 24.8 Å². The first-order valence-corrected chi connectivity index (χ1v) is 9.54. The number of hydrogen-bond acceptors (Lipinski definition) is 4. The molecule has 0 saturated carbocycles. The molecular formula is C20H20N2O2S. The summed E-state index contributed by atoms with van der Waals surface area (Å²) in [5, 5.41) is 19.2. The number of nitrogens with zero attached hydrogens (tertiary/aromatic N) is 2. The van der Waals surface area contributed by atoms with Crippen molar-refractivity contribution in [2.75, 3.05) is 0 Å². The molecule has 0 amide bonds. The number of rotatable bonds is 4. The highest BCUT2D eigenvalue weighted by atomic mass is 32.2. The predicted octanol–water partition coefficient (Wildman–Crippen LogP) is 4.60. The van der Waals surface area contributed by atoms with E-state index in [0.717, 1.165) is 35.5 Å². The maximum absolute atomic E-state index is 10.9. The van der Waals surface area contributed by atoms with Crippen LogP contribution in [0.1, 0.15) is 58.4 Å². The third kappa shape index (κ3) is 4.40. The van der Waals surface area contributed by atoms with Crippen LogP contribution in [0.25, 0.3) is 0 Å². The van der Waals surface area contributed by atoms with Crippen molar-refractivity contribution in [3.63, 3.8) is 0 Å². The Balaban J connectivity index is 1.78. The van der Waals surface area contributed by atoms with Gasteiger partial charge in [0.2, 0.25) is 0 Å². The van der Waals surface area contributed by atoms with Crippen LogP contribution in [-0.4, -0.2) is 16.1 Å². The van der Waals surface area contributed by atoms with Gasteiger partial charge in [0, 0.05) is 11.4 Å². The van der Waals surface area contributed by atoms with E-state index >= 15 is 0 Å². The Morgan fingerprint density at radius 3 is 2.56 bits per heavy atom. The average molecular weight is 352 g/mol. The second kappa shape index (κ2) is 8.17. The van der Waals surface area contributed by atoms with Crippen LogP contribution >= 0.6 is 11.8 Å². The van der Waals surface area contributed by atoms with Crippen molar-refractivity contribution in [2.45, 2.75) is 49.3 Å². The van der Waals surface area contributed by atoms with Crippen LogP contribution in [0.15, 0.2) is 35.4 Å². The Bertz CT molecular complexity index is 810. The van der Waals surface area contributed by atoms with Gasteiger partial charge in [-0.15, -0.1) is 11.8 Å². The largest absolute Gasteiger partial charge is 0.478 e. The number of pyridine rings is 1. The summed E-state index contributed by atoms with van der Waals surface area (Å²) >= 11 is 1.54. The zero-order chi connectivity index (χ0) is 17.6. The fourth-order valence-corrected chi connectivity index (χ4v) is 3.98. The van der Waals surface area contributed by atoms with Crippen molar-refractivity contribution in [1.82, 2.24) is 4.98 Å². The Labute approximate surface area is 151 Å². The number of aromatic carboxylic acids is 1. The van der Waals surface area contributed by atoms with Gasteiger partial charge in [-0.05, 0) is 55.0 Å². The lowest BCUT2D eigenvalue weighted by molar-refractivity contribution is 0.0697. The van der Waals surface area contributed by atoms with E-state index in [-0.39, 0.29) is 5.56 Å². The van der Waals surface area contributed by atoms with Gasteiger partial charge in [0.05, 0.1) is 11.1 Å². The summed E-state index contributed by atoms with van der Waals surface area (Å²) < 4.78 is 0. The number of carboxylic acid groups (broad SMARTS) is 1. The monoisotopic (exact) mass is 352 g/mol. The molecule has 0 unspecified atom stereocenters. The van der Waals surface area contributed by atoms with Crippen molar-refractivity contribution >= 4 is 17.7 Å². The minimum atomic E-state index is -0.922. The van der Waals surface area contributed by atoms with Crippen LogP contribution in [0.4, 0.5) is 0 Å². The van der Waals surface area contributed by atoms with Crippen molar-refractivity contribution in [2.24, 2.45) is 0 Å². The molecule has 128 valence electrons. The lowest BCUT2D eigenvalue weighted by atomic mass is 9.96. The van der Waals surface area contributed by atoms with E-state index in [1.54, 1.807) is 23.9 Å². The van der Waals surface area contributed by atoms with Gasteiger partial charge in [0.1, 0.15) is 11.1 Å². The molecule has 2 aromatic rings. The number of nitriles is 1. The number of aryl methyl sites for hydroxylation is 2. The van der Waals surface area contributed by atoms with Gasteiger partial charge in [-0.1, -0.05) is 25.0 Å². The highest BCUT2D eigenvalue weighted by Crippen LogP contribution is 2.28. The maximum Gasteiger partial charge on any atom is 0.335 e. The molecule has 0 aliphatic heterocycles. The first-order chi connectivity index (χ1) is 12.2. The molecule has 3 rings (SSSR count). The Morgan fingerprint density at radius 1 is 1.16 bits per heavy atom. The van der Waals surface area contributed by atoms with E-state index in [0.29, 0.717) is 11.3 Å². The summed E-state index contributed by atoms with van der Waals surface area (Å²) in [5.74, 6) is -0.255. The van der Waals surface area contributed by atoms with Crippen LogP contribution in [0, 0.1) is 11.3 Å². The number of benzene rings is 1. The molecule has 25 heavy (non-hydrogen) atoms. The minimum absolute atomic E-state index is 0.283. The average Bonchev–Trinajstić information content (AvgIpc) is 2.61. The van der Waals surface area contributed by atoms with Crippen LogP contribution in [0.3, 0.4) is 0 Å². The van der Waals surface area contributed by atoms with E-state index in [4.69, 9.17) is 10.1 Å². The lowest BCUT2D eigenvalue weighted by Crippen LogP contribution is -2.05. The van der Waals surface area contributed by atoms with Crippen molar-refractivity contribution in [1.29, 1.82) is 5.26 Å². The van der Waals surface area contributed by atoms with Gasteiger partial charge in [0.25, 0.3) is 0 Å². The Morgan fingerprint density at radius 2 is 1.88 bits per heavy atom. The molecule has 0 fully saturated rings. The topological polar surface area (TPSA) is 74.0 Å². The molecule has 0 spiro atoms. The van der Waals surface area contributed by atoms with E-state index in [9.17, 15) is 10.1 Å². The standard InChI is InChI=1S/C20H20N2O2S/c21-12-17-11-16-5-3-1-2-4-6-18(16)22-19(17)25-13-14-7-9-15(10-8-14)20(23)24/h7-11H,1-6,13H2,(H,23,24). The van der Waals surface area contributed by atoms with Crippen LogP contribution < -0.4 is 0 Å². The van der Waals surface area contributed by atoms with Crippen molar-refractivity contribution in [3.05, 3.63) is 58.3 Å². The summed E-state index contributed by atoms with van der Waals surface area (Å²) in [5.41, 5.74) is 4.32. The lowest BCUT2D eigenvalue weighted by Gasteiger charge is -2.15. The number of carbonyl (C=O) groups is 1. The second-order valence-electron chi connectivity index (χ2n) is 6.26. The highest BCUT2D eigenvalue weighted by Gasteiger charge is 2.14. The summed E-state index contributed by atoms with van der Waals surface area (Å²) in [6, 6.07) is 11.1. The molecule has 5 heteroatoms. The fraction of sp³-hybridized carbons (Fsp3) is 0.350. The maximum atomic E-state index is 10.9. The molecule has 1 N–H and O–H groups in total. The molecule has 1 aromatic carbocycles. The van der Waals surface area contributed by atoms with Crippen molar-refractivity contribution < 1.29 is 9.90 Å². The van der Waals surface area contributed by atoms with Gasteiger partial charge >= 0.3 is 5.97 Å². The molecule has 1 aromatic heterocycles. The van der Waals surface area contributed by atoms with Crippen LogP contribution in [0.2, 0.25) is 0 Å². The molecule has 0 bridgehead atoms. The van der Waals surface area contributed by atoms with Crippen molar-refractivity contribution in [3.8, 4) is 6.07 Å². The van der Waals surface area contributed by atoms with Gasteiger partial charge in [-0.3, -0.25) is 0 Å². The highest BCUT2D eigenvalue weighted by molar-refractivity contribution is 7.98. The second-order valence-corrected chi connectivity index (χ2v) is 7.23. The Kier molecular flexibility index (Phi) is 5.72. The summed E-state index contributed by atoms with van der Waals surface area (Å²) in [7, 11) is 0. The van der Waals surface area contributed by atoms with E-state index in [1.807, 2.05) is 18.2 Å². The number of aromatic nitrogens is 1. The van der Waals surface area contributed by atoms with E-state index < -0.39 is 5.97 Å². The molecule has 1 aliphatic carbocycles. The van der Waals surface area contributed by atoms with Gasteiger partial charge in [-0.25, -0.2) is 9.78 Å². The van der Waals surface area contributed by atoms with Crippen LogP contribution in [0.5, 0.6) is 0 Å². The quantitative estimate of drug-likeness (QED) is 0.814. The molecule has 1 heterocycles. The first-order valence-electron chi connectivity index (χ1n) is 8.55. The SMILES string of the molecule is N#Cc1cc2c(nc1SCc1ccc(C(=O)O)cc1)CCCCCC2. The normalized spacial score (nSPS) is 14.0. The third-order valence-electron chi connectivity index (χ3n) is 4.46. The van der Waals surface area contributed by atoms with Crippen LogP contribution in [-0.2, 0) is 18.6 Å². The number of thioether (sulfide) groups is 1. The van der Waals surface area contributed by atoms with Gasteiger partial charge in [-0.2, -0.15) is 5.26 Å². The number of carboxylic acids is 1. The molecule has 0 radical (unpaired) electrons. The first kappa shape index (κ1) is 17.5. The molecular weight excluding hydrogens is 332 g/mol. The third-order valence-corrected chi connectivity index (χ3v) is 5.53. The zero-order valence-corrected chi connectivity index (χ0v) is 14.8. The summed E-state index contributed by atoms with van der Waals surface area (Å²) in [6.45, 7) is 0. The van der Waals surface area contributed by atoms with Gasteiger partial charge in [0.15, 0.2) is 0 Å². The minimum Gasteiger partial charge on any atom is -0.478 e. The predicted molar refractivity (Wildman–Crippen MR) is 97.8 cm³/mol. The summed E-state index contributed by atoms with van der Waals surface area (Å²) in [4.78, 5) is 15.7. The Hall–Kier alpha value is -2.32. The molecule has 0 atom stereocenters. The molecule has 1 aliphatic rings. The van der Waals surface area contributed by atoms with E-state index in [2.05, 4.69) is 6.07 Å². The smallest absolute Gasteiger partial charge is 0.335 e. The fourth-order valence-electron chi connectivity index (χ4n) is 3.05.